The summed E-state index contributed by atoms with van der Waals surface area (Å²) in [4.78, 5) is 2.48. The average Bonchev–Trinajstić information content (AvgIpc) is 2.39. The molecular weight excluding hydrogens is 244 g/mol. The molecule has 0 spiro atoms. The Morgan fingerprint density at radius 3 is 2.70 bits per heavy atom. The van der Waals surface area contributed by atoms with E-state index in [4.69, 9.17) is 0 Å². The Balaban J connectivity index is 1.91. The maximum absolute atomic E-state index is 3.87. The lowest BCUT2D eigenvalue weighted by Crippen LogP contribution is -2.53. The van der Waals surface area contributed by atoms with Gasteiger partial charge in [0.05, 0.1) is 0 Å². The highest BCUT2D eigenvalue weighted by Gasteiger charge is 2.29. The molecule has 0 bridgehead atoms. The minimum Gasteiger partial charge on any atom is -0.311 e. The van der Waals surface area contributed by atoms with Crippen molar-refractivity contribution in [3.05, 3.63) is 35.4 Å². The summed E-state index contributed by atoms with van der Waals surface area (Å²) >= 11 is 0. The molecule has 4 atom stereocenters. The van der Waals surface area contributed by atoms with E-state index in [1.54, 1.807) is 0 Å². The second-order valence-corrected chi connectivity index (χ2v) is 6.81. The quantitative estimate of drug-likeness (QED) is 0.907. The highest BCUT2D eigenvalue weighted by molar-refractivity contribution is 5.26. The van der Waals surface area contributed by atoms with Gasteiger partial charge in [-0.25, -0.2) is 0 Å². The van der Waals surface area contributed by atoms with E-state index in [1.807, 2.05) is 0 Å². The number of likely N-dealkylation sites (tertiary alicyclic amines) is 1. The van der Waals surface area contributed by atoms with Crippen LogP contribution in [0.15, 0.2) is 24.3 Å². The van der Waals surface area contributed by atoms with E-state index in [-0.39, 0.29) is 0 Å². The lowest BCUT2D eigenvalue weighted by atomic mass is 9.89. The Bertz CT molecular complexity index is 429. The van der Waals surface area contributed by atoms with Gasteiger partial charge in [0.15, 0.2) is 0 Å². The Morgan fingerprint density at radius 1 is 1.30 bits per heavy atom. The van der Waals surface area contributed by atoms with Crippen LogP contribution in [0.3, 0.4) is 0 Å². The maximum atomic E-state index is 3.87. The standard InChI is InChI=1S/C18H30N2/c1-13-8-6-7-9-17(13)10-15(3)19-18-11-16(4)20(5)12-14(18)2/h6-9,14-16,18-19H,10-12H2,1-5H3. The number of hydrogen-bond acceptors (Lipinski definition) is 2. The molecule has 0 amide bonds. The van der Waals surface area contributed by atoms with E-state index in [1.165, 1.54) is 24.1 Å². The van der Waals surface area contributed by atoms with Crippen LogP contribution in [-0.4, -0.2) is 36.6 Å². The van der Waals surface area contributed by atoms with Crippen LogP contribution < -0.4 is 5.32 Å². The number of nitrogens with zero attached hydrogens (tertiary/aromatic N) is 1. The maximum Gasteiger partial charge on any atom is 0.0122 e. The third kappa shape index (κ3) is 3.83. The second-order valence-electron chi connectivity index (χ2n) is 6.81. The summed E-state index contributed by atoms with van der Waals surface area (Å²) in [6, 6.07) is 10.6. The number of aryl methyl sites for hydroxylation is 1. The van der Waals surface area contributed by atoms with Gasteiger partial charge in [-0.15, -0.1) is 0 Å². The van der Waals surface area contributed by atoms with Crippen molar-refractivity contribution in [1.29, 1.82) is 0 Å². The predicted octanol–water partition coefficient (Wildman–Crippen LogP) is 3.24. The normalized spacial score (nSPS) is 29.4. The van der Waals surface area contributed by atoms with Gasteiger partial charge in [-0.2, -0.15) is 0 Å². The van der Waals surface area contributed by atoms with Gasteiger partial charge in [0, 0.05) is 24.7 Å². The largest absolute Gasteiger partial charge is 0.311 e. The van der Waals surface area contributed by atoms with Crippen molar-refractivity contribution in [3.8, 4) is 0 Å². The number of nitrogens with one attached hydrogen (secondary N) is 1. The molecule has 0 saturated carbocycles. The number of rotatable bonds is 4. The summed E-state index contributed by atoms with van der Waals surface area (Å²) in [6.45, 7) is 10.5. The zero-order valence-electron chi connectivity index (χ0n) is 13.7. The summed E-state index contributed by atoms with van der Waals surface area (Å²) in [5.41, 5.74) is 2.88. The minimum absolute atomic E-state index is 0.541. The molecule has 1 aliphatic heterocycles. The van der Waals surface area contributed by atoms with Gasteiger partial charge in [0.25, 0.3) is 0 Å². The van der Waals surface area contributed by atoms with E-state index in [0.717, 1.165) is 12.3 Å². The fraction of sp³-hybridized carbons (Fsp3) is 0.667. The smallest absolute Gasteiger partial charge is 0.0122 e. The van der Waals surface area contributed by atoms with Gasteiger partial charge < -0.3 is 10.2 Å². The summed E-state index contributed by atoms with van der Waals surface area (Å²) < 4.78 is 0. The minimum atomic E-state index is 0.541. The van der Waals surface area contributed by atoms with Crippen LogP contribution in [0, 0.1) is 12.8 Å². The van der Waals surface area contributed by atoms with Gasteiger partial charge in [-0.3, -0.25) is 0 Å². The SMILES string of the molecule is Cc1ccccc1CC(C)NC1CC(C)N(C)CC1C. The Labute approximate surface area is 124 Å². The molecule has 1 heterocycles. The molecule has 1 N–H and O–H groups in total. The monoisotopic (exact) mass is 274 g/mol. The van der Waals surface area contributed by atoms with E-state index in [2.05, 4.69) is 69.2 Å². The van der Waals surface area contributed by atoms with Crippen molar-refractivity contribution < 1.29 is 0 Å². The summed E-state index contributed by atoms with van der Waals surface area (Å²) in [7, 11) is 2.24. The van der Waals surface area contributed by atoms with Gasteiger partial charge >= 0.3 is 0 Å². The van der Waals surface area contributed by atoms with Gasteiger partial charge in [0.2, 0.25) is 0 Å². The molecule has 1 aromatic rings. The summed E-state index contributed by atoms with van der Waals surface area (Å²) in [5.74, 6) is 0.732. The van der Waals surface area contributed by atoms with Crippen LogP contribution in [0.5, 0.6) is 0 Å². The van der Waals surface area contributed by atoms with Gasteiger partial charge in [0.1, 0.15) is 0 Å². The first-order valence-corrected chi connectivity index (χ1v) is 7.98. The Kier molecular flexibility index (Phi) is 5.22. The van der Waals surface area contributed by atoms with E-state index in [9.17, 15) is 0 Å². The molecule has 20 heavy (non-hydrogen) atoms. The molecule has 1 saturated heterocycles. The third-order valence-electron chi connectivity index (χ3n) is 4.90. The zero-order chi connectivity index (χ0) is 14.7. The zero-order valence-corrected chi connectivity index (χ0v) is 13.7. The Hall–Kier alpha value is -0.860. The van der Waals surface area contributed by atoms with Crippen molar-refractivity contribution in [1.82, 2.24) is 10.2 Å². The van der Waals surface area contributed by atoms with Crippen molar-refractivity contribution in [3.63, 3.8) is 0 Å². The van der Waals surface area contributed by atoms with Crippen LogP contribution in [0.1, 0.15) is 38.3 Å². The molecule has 4 unspecified atom stereocenters. The van der Waals surface area contributed by atoms with Crippen LogP contribution in [0.2, 0.25) is 0 Å². The molecule has 0 aliphatic carbocycles. The van der Waals surface area contributed by atoms with E-state index in [0.29, 0.717) is 18.1 Å². The van der Waals surface area contributed by atoms with Crippen molar-refractivity contribution >= 4 is 0 Å². The topological polar surface area (TPSA) is 15.3 Å². The highest BCUT2D eigenvalue weighted by atomic mass is 15.2. The molecule has 1 fully saturated rings. The van der Waals surface area contributed by atoms with Crippen molar-refractivity contribution in [2.45, 2.75) is 58.7 Å². The second kappa shape index (κ2) is 6.73. The van der Waals surface area contributed by atoms with Gasteiger partial charge in [-0.05, 0) is 57.7 Å². The molecular formula is C18H30N2. The Morgan fingerprint density at radius 2 is 2.00 bits per heavy atom. The van der Waals surface area contributed by atoms with Crippen LogP contribution in [-0.2, 0) is 6.42 Å². The molecule has 0 aromatic heterocycles. The fourth-order valence-electron chi connectivity index (χ4n) is 3.37. The van der Waals surface area contributed by atoms with Crippen LogP contribution in [0.4, 0.5) is 0 Å². The molecule has 2 rings (SSSR count). The van der Waals surface area contributed by atoms with Crippen LogP contribution >= 0.6 is 0 Å². The van der Waals surface area contributed by atoms with Crippen LogP contribution in [0.25, 0.3) is 0 Å². The van der Waals surface area contributed by atoms with Crippen molar-refractivity contribution in [2.24, 2.45) is 5.92 Å². The lowest BCUT2D eigenvalue weighted by Gasteiger charge is -2.41. The number of benzene rings is 1. The average molecular weight is 274 g/mol. The lowest BCUT2D eigenvalue weighted by molar-refractivity contribution is 0.116. The first kappa shape index (κ1) is 15.5. The molecule has 1 aromatic carbocycles. The molecule has 2 nitrogen and oxygen atoms in total. The third-order valence-corrected chi connectivity index (χ3v) is 4.90. The predicted molar refractivity (Wildman–Crippen MR) is 87.1 cm³/mol. The first-order chi connectivity index (χ1) is 9.47. The van der Waals surface area contributed by atoms with E-state index < -0.39 is 0 Å². The number of hydrogen-bond donors (Lipinski definition) is 1. The highest BCUT2D eigenvalue weighted by Crippen LogP contribution is 2.21. The fourth-order valence-corrected chi connectivity index (χ4v) is 3.37. The molecule has 112 valence electrons. The van der Waals surface area contributed by atoms with Gasteiger partial charge in [-0.1, -0.05) is 31.2 Å². The number of piperidine rings is 1. The molecule has 1 aliphatic rings. The molecule has 0 radical (unpaired) electrons. The van der Waals surface area contributed by atoms with Crippen molar-refractivity contribution in [2.75, 3.05) is 13.6 Å². The summed E-state index contributed by atoms with van der Waals surface area (Å²) in [6.07, 6.45) is 2.38. The van der Waals surface area contributed by atoms with E-state index >= 15 is 0 Å². The summed E-state index contributed by atoms with van der Waals surface area (Å²) in [5, 5.41) is 3.87. The first-order valence-electron chi connectivity index (χ1n) is 7.98. The molecule has 2 heteroatoms.